The van der Waals surface area contributed by atoms with Crippen LogP contribution in [0, 0.1) is 6.92 Å². The number of carboxylic acids is 1. The van der Waals surface area contributed by atoms with Gasteiger partial charge < -0.3 is 20.8 Å². The molecular formula is C10H12N2O3S. The van der Waals surface area contributed by atoms with E-state index in [1.165, 1.54) is 6.07 Å². The number of carboxylic acid groups (broad SMARTS) is 1. The van der Waals surface area contributed by atoms with Gasteiger partial charge in [-0.25, -0.2) is 4.79 Å². The van der Waals surface area contributed by atoms with Gasteiger partial charge in [-0.2, -0.15) is 0 Å². The average molecular weight is 240 g/mol. The third kappa shape index (κ3) is 2.60. The Bertz CT molecular complexity index is 446. The lowest BCUT2D eigenvalue weighted by Gasteiger charge is -2.10. The van der Waals surface area contributed by atoms with Gasteiger partial charge in [0.05, 0.1) is 0 Å². The summed E-state index contributed by atoms with van der Waals surface area (Å²) >= 11 is 4.89. The number of hydrogen-bond donors (Lipinski definition) is 4. The summed E-state index contributed by atoms with van der Waals surface area (Å²) in [6, 6.07) is 2.94. The molecule has 0 saturated heterocycles. The summed E-state index contributed by atoms with van der Waals surface area (Å²) in [4.78, 5) is 10.8. The lowest BCUT2D eigenvalue weighted by Crippen LogP contribution is -2.24. The number of hydrogen-bond acceptors (Lipinski definition) is 3. The molecule has 0 radical (unpaired) electrons. The summed E-state index contributed by atoms with van der Waals surface area (Å²) in [5.41, 5.74) is 0.842. The second-order valence-electron chi connectivity index (χ2n) is 3.20. The molecule has 0 bridgehead atoms. The van der Waals surface area contributed by atoms with Gasteiger partial charge in [-0.1, -0.05) is 0 Å². The molecule has 1 aromatic carbocycles. The van der Waals surface area contributed by atoms with Gasteiger partial charge in [0.1, 0.15) is 11.3 Å². The molecule has 0 aliphatic rings. The van der Waals surface area contributed by atoms with Crippen LogP contribution in [-0.4, -0.2) is 28.3 Å². The van der Waals surface area contributed by atoms with Crippen LogP contribution in [0.5, 0.6) is 5.75 Å². The Morgan fingerprint density at radius 1 is 1.44 bits per heavy atom. The molecule has 0 aromatic heterocycles. The molecule has 1 aromatic rings. The highest BCUT2D eigenvalue weighted by atomic mass is 32.1. The van der Waals surface area contributed by atoms with Crippen LogP contribution in [0.25, 0.3) is 0 Å². The van der Waals surface area contributed by atoms with Crippen molar-refractivity contribution in [2.24, 2.45) is 0 Å². The highest BCUT2D eigenvalue weighted by molar-refractivity contribution is 7.80. The third-order valence-electron chi connectivity index (χ3n) is 2.02. The number of benzene rings is 1. The van der Waals surface area contributed by atoms with E-state index in [1.54, 1.807) is 20.0 Å². The van der Waals surface area contributed by atoms with Crippen molar-refractivity contribution < 1.29 is 15.0 Å². The third-order valence-corrected chi connectivity index (χ3v) is 2.32. The Morgan fingerprint density at radius 2 is 2.06 bits per heavy atom. The van der Waals surface area contributed by atoms with Gasteiger partial charge in [-0.15, -0.1) is 0 Å². The number of aryl methyl sites for hydroxylation is 1. The number of rotatable bonds is 2. The second-order valence-corrected chi connectivity index (χ2v) is 3.61. The van der Waals surface area contributed by atoms with Crippen LogP contribution in [0.1, 0.15) is 15.9 Å². The quantitative estimate of drug-likeness (QED) is 0.461. The Kier molecular flexibility index (Phi) is 3.68. The summed E-state index contributed by atoms with van der Waals surface area (Å²) in [5.74, 6) is -1.41. The lowest BCUT2D eigenvalue weighted by atomic mass is 10.1. The fourth-order valence-electron chi connectivity index (χ4n) is 1.21. The van der Waals surface area contributed by atoms with E-state index in [4.69, 9.17) is 17.3 Å². The van der Waals surface area contributed by atoms with Crippen molar-refractivity contribution in [1.82, 2.24) is 5.32 Å². The van der Waals surface area contributed by atoms with Gasteiger partial charge in [-0.05, 0) is 36.8 Å². The van der Waals surface area contributed by atoms with Gasteiger partial charge in [0.2, 0.25) is 0 Å². The number of thiocarbonyl (C=S) groups is 1. The smallest absolute Gasteiger partial charge is 0.339 e. The number of phenols is 1. The van der Waals surface area contributed by atoms with Crippen LogP contribution < -0.4 is 10.6 Å². The van der Waals surface area contributed by atoms with E-state index < -0.39 is 5.97 Å². The second kappa shape index (κ2) is 4.80. The first-order valence-corrected chi connectivity index (χ1v) is 4.92. The van der Waals surface area contributed by atoms with E-state index in [0.29, 0.717) is 16.4 Å². The van der Waals surface area contributed by atoms with Gasteiger partial charge in [0.15, 0.2) is 5.11 Å². The molecule has 5 nitrogen and oxygen atoms in total. The molecule has 6 heteroatoms. The van der Waals surface area contributed by atoms with Crippen LogP contribution in [-0.2, 0) is 0 Å². The maximum atomic E-state index is 10.8. The van der Waals surface area contributed by atoms with E-state index in [9.17, 15) is 9.90 Å². The Morgan fingerprint density at radius 3 is 2.56 bits per heavy atom. The fourth-order valence-corrected chi connectivity index (χ4v) is 1.33. The summed E-state index contributed by atoms with van der Waals surface area (Å²) < 4.78 is 0. The molecular weight excluding hydrogens is 228 g/mol. The summed E-state index contributed by atoms with van der Waals surface area (Å²) in [6.45, 7) is 1.62. The van der Waals surface area contributed by atoms with Crippen molar-refractivity contribution in [3.05, 3.63) is 23.3 Å². The summed E-state index contributed by atoms with van der Waals surface area (Å²) in [7, 11) is 1.65. The zero-order valence-electron chi connectivity index (χ0n) is 8.87. The number of aromatic hydroxyl groups is 1. The lowest BCUT2D eigenvalue weighted by molar-refractivity contribution is 0.0693. The van der Waals surface area contributed by atoms with E-state index in [-0.39, 0.29) is 11.3 Å². The zero-order valence-corrected chi connectivity index (χ0v) is 9.68. The van der Waals surface area contributed by atoms with Gasteiger partial charge in [0, 0.05) is 12.7 Å². The van der Waals surface area contributed by atoms with Gasteiger partial charge in [0.25, 0.3) is 0 Å². The van der Waals surface area contributed by atoms with Crippen LogP contribution in [0.2, 0.25) is 0 Å². The predicted octanol–water partition coefficient (Wildman–Crippen LogP) is 1.32. The van der Waals surface area contributed by atoms with E-state index in [1.807, 2.05) is 0 Å². The summed E-state index contributed by atoms with van der Waals surface area (Å²) in [5, 5.41) is 24.3. The Labute approximate surface area is 98.1 Å². The minimum Gasteiger partial charge on any atom is -0.507 e. The predicted molar refractivity (Wildman–Crippen MR) is 65.1 cm³/mol. The maximum absolute atomic E-state index is 10.8. The monoisotopic (exact) mass is 240 g/mol. The van der Waals surface area contributed by atoms with E-state index >= 15 is 0 Å². The minimum absolute atomic E-state index is 0.151. The van der Waals surface area contributed by atoms with Crippen LogP contribution >= 0.6 is 12.2 Å². The number of aromatic carboxylic acids is 1. The first kappa shape index (κ1) is 12.3. The normalized spacial score (nSPS) is 9.62. The highest BCUT2D eigenvalue weighted by Crippen LogP contribution is 2.26. The van der Waals surface area contributed by atoms with Crippen LogP contribution in [0.15, 0.2) is 12.1 Å². The molecule has 0 saturated carbocycles. The fraction of sp³-hybridized carbons (Fsp3) is 0.200. The van der Waals surface area contributed by atoms with Gasteiger partial charge in [-0.3, -0.25) is 0 Å². The van der Waals surface area contributed by atoms with Crippen molar-refractivity contribution in [3.63, 3.8) is 0 Å². The molecule has 1 rings (SSSR count). The van der Waals surface area contributed by atoms with Crippen molar-refractivity contribution in [2.45, 2.75) is 6.92 Å². The molecule has 0 heterocycles. The van der Waals surface area contributed by atoms with Crippen molar-refractivity contribution in [1.29, 1.82) is 0 Å². The van der Waals surface area contributed by atoms with Crippen molar-refractivity contribution >= 4 is 29.0 Å². The SMILES string of the molecule is CNC(=S)Nc1cc(C)c(O)c(C(=O)O)c1. The molecule has 0 unspecified atom stereocenters. The van der Waals surface area contributed by atoms with Crippen molar-refractivity contribution in [3.8, 4) is 5.75 Å². The molecule has 0 atom stereocenters. The molecule has 86 valence electrons. The first-order chi connectivity index (χ1) is 7.45. The van der Waals surface area contributed by atoms with Gasteiger partial charge >= 0.3 is 5.97 Å². The first-order valence-electron chi connectivity index (χ1n) is 4.51. The molecule has 0 spiro atoms. The Hall–Kier alpha value is -1.82. The number of anilines is 1. The summed E-state index contributed by atoms with van der Waals surface area (Å²) in [6.07, 6.45) is 0. The van der Waals surface area contributed by atoms with E-state index in [2.05, 4.69) is 10.6 Å². The zero-order chi connectivity index (χ0) is 12.3. The standard InChI is InChI=1S/C10H12N2O3S/c1-5-3-6(12-10(16)11-2)4-7(8(5)13)9(14)15/h3-4,13H,1-2H3,(H,14,15)(H2,11,12,16). The minimum atomic E-state index is -1.18. The Balaban J connectivity index is 3.14. The number of nitrogens with one attached hydrogen (secondary N) is 2. The molecule has 4 N–H and O–H groups in total. The molecule has 0 aliphatic heterocycles. The molecule has 0 aliphatic carbocycles. The van der Waals surface area contributed by atoms with Crippen LogP contribution in [0.3, 0.4) is 0 Å². The highest BCUT2D eigenvalue weighted by Gasteiger charge is 2.13. The maximum Gasteiger partial charge on any atom is 0.339 e. The van der Waals surface area contributed by atoms with Crippen molar-refractivity contribution in [2.75, 3.05) is 12.4 Å². The molecule has 0 amide bonds. The molecule has 16 heavy (non-hydrogen) atoms. The number of carbonyl (C=O) groups is 1. The van der Waals surface area contributed by atoms with E-state index in [0.717, 1.165) is 0 Å². The topological polar surface area (TPSA) is 81.6 Å². The van der Waals surface area contributed by atoms with Crippen LogP contribution in [0.4, 0.5) is 5.69 Å². The largest absolute Gasteiger partial charge is 0.507 e. The molecule has 0 fully saturated rings. The average Bonchev–Trinajstić information content (AvgIpc) is 2.22.